The summed E-state index contributed by atoms with van der Waals surface area (Å²) in [6, 6.07) is 11.2. The summed E-state index contributed by atoms with van der Waals surface area (Å²) >= 11 is 4.39. The molecule has 0 aromatic heterocycles. The van der Waals surface area contributed by atoms with E-state index in [1.807, 2.05) is 5.16 Å². The van der Waals surface area contributed by atoms with Gasteiger partial charge >= 0.3 is 0 Å². The van der Waals surface area contributed by atoms with Crippen molar-refractivity contribution in [1.82, 2.24) is 0 Å². The van der Waals surface area contributed by atoms with Crippen LogP contribution in [-0.4, -0.2) is 5.16 Å². The molecule has 0 bridgehead atoms. The number of hydrogen-bond donors (Lipinski definition) is 0. The van der Waals surface area contributed by atoms with Crippen molar-refractivity contribution < 1.29 is 17.6 Å². The minimum atomic E-state index is -0.852. The molecule has 0 aliphatic heterocycles. The zero-order chi connectivity index (χ0) is 24.5. The lowest BCUT2D eigenvalue weighted by molar-refractivity contribution is 0.576. The number of isothiocyanates is 1. The maximum absolute atomic E-state index is 14.3. The molecule has 0 unspecified atom stereocenters. The van der Waals surface area contributed by atoms with E-state index in [2.05, 4.69) is 47.8 Å². The Hall–Kier alpha value is -3.70. The molecule has 0 saturated heterocycles. The number of hydrogen-bond acceptors (Lipinski definition) is 2. The molecule has 0 radical (unpaired) electrons. The first-order valence-electron chi connectivity index (χ1n) is 10.6. The van der Waals surface area contributed by atoms with Crippen LogP contribution in [0.3, 0.4) is 0 Å². The molecule has 170 valence electrons. The molecular weight excluding hydrogens is 458 g/mol. The summed E-state index contributed by atoms with van der Waals surface area (Å²) in [5.41, 5.74) is 0.859. The van der Waals surface area contributed by atoms with Gasteiger partial charge < -0.3 is 0 Å². The Kier molecular flexibility index (Phi) is 8.77. The molecule has 0 heterocycles. The van der Waals surface area contributed by atoms with Gasteiger partial charge in [0.15, 0.2) is 11.6 Å². The summed E-state index contributed by atoms with van der Waals surface area (Å²) < 4.78 is 56.8. The third-order valence-electron chi connectivity index (χ3n) is 4.90. The van der Waals surface area contributed by atoms with Gasteiger partial charge in [0.2, 0.25) is 0 Å². The Bertz CT molecular complexity index is 1320. The number of benzene rings is 3. The summed E-state index contributed by atoms with van der Waals surface area (Å²) in [4.78, 5) is 3.39. The number of halogens is 4. The second-order valence-electron chi connectivity index (χ2n) is 7.39. The van der Waals surface area contributed by atoms with E-state index >= 15 is 0 Å². The maximum Gasteiger partial charge on any atom is 0.153 e. The smallest absolute Gasteiger partial charge is 0.153 e. The van der Waals surface area contributed by atoms with Crippen molar-refractivity contribution in [1.29, 1.82) is 0 Å². The van der Waals surface area contributed by atoms with Gasteiger partial charge in [0, 0.05) is 17.5 Å². The van der Waals surface area contributed by atoms with E-state index in [-0.39, 0.29) is 11.1 Å². The summed E-state index contributed by atoms with van der Waals surface area (Å²) in [7, 11) is 0. The molecule has 0 N–H and O–H groups in total. The van der Waals surface area contributed by atoms with Gasteiger partial charge in [0.05, 0.1) is 10.7 Å². The highest BCUT2D eigenvalue weighted by Gasteiger charge is 2.11. The molecule has 3 aromatic carbocycles. The fourth-order valence-electron chi connectivity index (χ4n) is 3.15. The van der Waals surface area contributed by atoms with Crippen LogP contribution in [0.2, 0.25) is 0 Å². The average Bonchev–Trinajstić information content (AvgIpc) is 2.81. The van der Waals surface area contributed by atoms with Crippen molar-refractivity contribution in [3.8, 4) is 34.8 Å². The van der Waals surface area contributed by atoms with Crippen LogP contribution in [0.25, 0.3) is 11.1 Å². The van der Waals surface area contributed by atoms with Gasteiger partial charge in [0.25, 0.3) is 0 Å². The Balaban J connectivity index is 1.78. The second kappa shape index (κ2) is 12.0. The zero-order valence-electron chi connectivity index (χ0n) is 18.3. The van der Waals surface area contributed by atoms with Crippen LogP contribution in [0.1, 0.15) is 49.3 Å². The number of thiocarbonyl (C=S) groups is 1. The molecule has 1 nitrogen and oxygen atoms in total. The van der Waals surface area contributed by atoms with Gasteiger partial charge in [-0.15, -0.1) is 0 Å². The highest BCUT2D eigenvalue weighted by atomic mass is 32.1. The van der Waals surface area contributed by atoms with E-state index < -0.39 is 29.0 Å². The lowest BCUT2D eigenvalue weighted by atomic mass is 10.0. The van der Waals surface area contributed by atoms with Crippen LogP contribution in [0.15, 0.2) is 53.5 Å². The predicted molar refractivity (Wildman–Crippen MR) is 130 cm³/mol. The average molecular weight is 478 g/mol. The molecule has 6 heteroatoms. The Morgan fingerprint density at radius 3 is 1.94 bits per heavy atom. The van der Waals surface area contributed by atoms with E-state index in [4.69, 9.17) is 0 Å². The van der Waals surface area contributed by atoms with Crippen LogP contribution in [0.5, 0.6) is 0 Å². The van der Waals surface area contributed by atoms with Crippen LogP contribution in [-0.2, 0) is 0 Å². The molecule has 0 fully saturated rings. The quantitative estimate of drug-likeness (QED) is 0.119. The van der Waals surface area contributed by atoms with Gasteiger partial charge in [-0.1, -0.05) is 55.6 Å². The maximum atomic E-state index is 14.3. The molecule has 0 amide bonds. The monoisotopic (exact) mass is 477 g/mol. The lowest BCUT2D eigenvalue weighted by Gasteiger charge is -2.05. The molecule has 0 atom stereocenters. The summed E-state index contributed by atoms with van der Waals surface area (Å²) in [5, 5.41) is 1.94. The number of aliphatic imine (C=N–C) groups is 1. The van der Waals surface area contributed by atoms with Crippen LogP contribution in [0, 0.1) is 47.0 Å². The first kappa shape index (κ1) is 24.9. The van der Waals surface area contributed by atoms with Gasteiger partial charge in [-0.2, -0.15) is 4.99 Å². The molecule has 3 rings (SSSR count). The summed E-state index contributed by atoms with van der Waals surface area (Å²) in [6.45, 7) is 2.07. The lowest BCUT2D eigenvalue weighted by Crippen LogP contribution is -1.92. The number of unbranched alkanes of at least 4 members (excludes halogenated alkanes) is 3. The van der Waals surface area contributed by atoms with E-state index in [9.17, 15) is 17.6 Å². The fourth-order valence-corrected chi connectivity index (χ4v) is 3.25. The van der Waals surface area contributed by atoms with Crippen LogP contribution in [0.4, 0.5) is 23.2 Å². The van der Waals surface area contributed by atoms with Crippen molar-refractivity contribution in [3.05, 3.63) is 88.5 Å². The van der Waals surface area contributed by atoms with Crippen molar-refractivity contribution in [2.24, 2.45) is 4.99 Å². The van der Waals surface area contributed by atoms with Gasteiger partial charge in [-0.3, -0.25) is 0 Å². The predicted octanol–water partition coefficient (Wildman–Crippen LogP) is 7.98. The minimum absolute atomic E-state index is 0.175. The Morgan fingerprint density at radius 2 is 1.35 bits per heavy atom. The summed E-state index contributed by atoms with van der Waals surface area (Å²) in [5.74, 6) is 7.70. The van der Waals surface area contributed by atoms with Crippen molar-refractivity contribution in [2.45, 2.75) is 32.6 Å². The van der Waals surface area contributed by atoms with E-state index in [1.54, 1.807) is 24.3 Å². The SMILES string of the molecule is CCCCCC#Cc1c(F)cc(C#Cc2ccc(-c3cc(F)c(N=C=S)c(F)c3)cc2)cc1F. The zero-order valence-corrected chi connectivity index (χ0v) is 19.1. The second-order valence-corrected chi connectivity index (χ2v) is 7.58. The molecule has 0 spiro atoms. The topological polar surface area (TPSA) is 12.4 Å². The standard InChI is InChI=1S/C28H19F4NS/c1-2-3-4-5-6-7-23-24(29)14-20(15-25(23)30)9-8-19-10-12-21(13-11-19)22-16-26(31)28(33-18-34)27(32)17-22/h10-17H,2-5H2,1H3. The molecular formula is C28H19F4NS. The third-order valence-corrected chi connectivity index (χ3v) is 5.00. The van der Waals surface area contributed by atoms with E-state index in [0.29, 0.717) is 23.1 Å². The highest BCUT2D eigenvalue weighted by molar-refractivity contribution is 7.78. The Morgan fingerprint density at radius 1 is 0.735 bits per heavy atom. The van der Waals surface area contributed by atoms with Crippen LogP contribution < -0.4 is 0 Å². The molecule has 0 aliphatic rings. The largest absolute Gasteiger partial charge is 0.205 e. The normalized spacial score (nSPS) is 9.91. The summed E-state index contributed by atoms with van der Waals surface area (Å²) in [6.07, 6.45) is 3.56. The molecule has 0 saturated carbocycles. The number of rotatable bonds is 5. The molecule has 3 aromatic rings. The Labute approximate surface area is 201 Å². The first-order valence-corrected chi connectivity index (χ1v) is 11.0. The van der Waals surface area contributed by atoms with Gasteiger partial charge in [-0.05, 0) is 66.2 Å². The molecule has 34 heavy (non-hydrogen) atoms. The van der Waals surface area contributed by atoms with Crippen molar-refractivity contribution in [3.63, 3.8) is 0 Å². The third kappa shape index (κ3) is 6.42. The highest BCUT2D eigenvalue weighted by Crippen LogP contribution is 2.29. The number of nitrogens with zero attached hydrogens (tertiary/aromatic N) is 1. The van der Waals surface area contributed by atoms with Crippen LogP contribution >= 0.6 is 12.2 Å². The van der Waals surface area contributed by atoms with Gasteiger partial charge in [-0.25, -0.2) is 17.6 Å². The van der Waals surface area contributed by atoms with Crippen molar-refractivity contribution in [2.75, 3.05) is 0 Å². The molecule has 0 aliphatic carbocycles. The van der Waals surface area contributed by atoms with E-state index in [1.165, 1.54) is 0 Å². The van der Waals surface area contributed by atoms with Crippen molar-refractivity contribution >= 4 is 23.1 Å². The first-order chi connectivity index (χ1) is 16.4. The fraction of sp³-hybridized carbons (Fsp3) is 0.179. The minimum Gasteiger partial charge on any atom is -0.205 e. The van der Waals surface area contributed by atoms with E-state index in [0.717, 1.165) is 43.5 Å². The van der Waals surface area contributed by atoms with Gasteiger partial charge in [0.1, 0.15) is 17.3 Å².